The number of amides is 1. The summed E-state index contributed by atoms with van der Waals surface area (Å²) in [5.41, 5.74) is 5.09. The van der Waals surface area contributed by atoms with Gasteiger partial charge in [0.05, 0.1) is 16.1 Å². The number of para-hydroxylation sites is 1. The SMILES string of the molecule is CCc1ccc(Cc2cnc(NC(=O)c3cc(-c4ccc(-c5ccccc5Cl)o4)nc4ccccc34)s2)cc1. The normalized spacial score (nSPS) is 11.1. The molecule has 1 N–H and O–H groups in total. The lowest BCUT2D eigenvalue weighted by molar-refractivity contribution is 0.102. The van der Waals surface area contributed by atoms with E-state index in [2.05, 4.69) is 41.5 Å². The Morgan fingerprint density at radius 3 is 2.49 bits per heavy atom. The van der Waals surface area contributed by atoms with E-state index in [1.165, 1.54) is 22.5 Å². The number of nitrogens with one attached hydrogen (secondary N) is 1. The average molecular weight is 550 g/mol. The fourth-order valence-corrected chi connectivity index (χ4v) is 5.55. The number of halogens is 1. The molecule has 0 aliphatic rings. The Morgan fingerprint density at radius 1 is 0.923 bits per heavy atom. The van der Waals surface area contributed by atoms with Crippen LogP contribution >= 0.6 is 22.9 Å². The molecule has 0 saturated carbocycles. The van der Waals surface area contributed by atoms with Gasteiger partial charge in [-0.1, -0.05) is 73.1 Å². The van der Waals surface area contributed by atoms with E-state index in [1.807, 2.05) is 66.9 Å². The van der Waals surface area contributed by atoms with Crippen molar-refractivity contribution in [3.8, 4) is 22.8 Å². The topological polar surface area (TPSA) is 68.0 Å². The van der Waals surface area contributed by atoms with Crippen molar-refractivity contribution in [2.45, 2.75) is 19.8 Å². The smallest absolute Gasteiger partial charge is 0.258 e. The third kappa shape index (κ3) is 5.35. The first-order valence-corrected chi connectivity index (χ1v) is 13.9. The second-order valence-corrected chi connectivity index (χ2v) is 10.7. The van der Waals surface area contributed by atoms with Crippen molar-refractivity contribution in [2.75, 3.05) is 5.32 Å². The number of thiazole rings is 1. The van der Waals surface area contributed by atoms with E-state index < -0.39 is 0 Å². The second kappa shape index (κ2) is 10.8. The molecule has 5 nitrogen and oxygen atoms in total. The summed E-state index contributed by atoms with van der Waals surface area (Å²) in [5, 5.41) is 4.90. The summed E-state index contributed by atoms with van der Waals surface area (Å²) >= 11 is 7.84. The Bertz CT molecular complexity index is 1790. The molecule has 0 unspecified atom stereocenters. The first kappa shape index (κ1) is 25.0. The lowest BCUT2D eigenvalue weighted by Crippen LogP contribution is -2.12. The number of pyridine rings is 1. The number of rotatable bonds is 7. The van der Waals surface area contributed by atoms with Crippen LogP contribution in [0.25, 0.3) is 33.7 Å². The molecule has 0 atom stereocenters. The molecule has 0 radical (unpaired) electrons. The van der Waals surface area contributed by atoms with Gasteiger partial charge in [0, 0.05) is 28.4 Å². The second-order valence-electron chi connectivity index (χ2n) is 9.15. The highest BCUT2D eigenvalue weighted by atomic mass is 35.5. The largest absolute Gasteiger partial charge is 0.454 e. The molecule has 0 aliphatic carbocycles. The van der Waals surface area contributed by atoms with Gasteiger partial charge >= 0.3 is 0 Å². The van der Waals surface area contributed by atoms with E-state index in [1.54, 1.807) is 6.07 Å². The van der Waals surface area contributed by atoms with E-state index in [0.717, 1.165) is 28.7 Å². The Morgan fingerprint density at radius 2 is 1.67 bits per heavy atom. The fourth-order valence-electron chi connectivity index (χ4n) is 4.48. The van der Waals surface area contributed by atoms with Crippen LogP contribution in [-0.2, 0) is 12.8 Å². The summed E-state index contributed by atoms with van der Waals surface area (Å²) in [4.78, 5) is 23.8. The molecule has 0 bridgehead atoms. The number of carbonyl (C=O) groups excluding carboxylic acids is 1. The third-order valence-corrected chi connectivity index (χ3v) is 7.78. The van der Waals surface area contributed by atoms with E-state index >= 15 is 0 Å². The molecule has 3 heterocycles. The van der Waals surface area contributed by atoms with E-state index in [9.17, 15) is 4.79 Å². The molecule has 3 aromatic carbocycles. The van der Waals surface area contributed by atoms with Crippen LogP contribution in [0.4, 0.5) is 5.13 Å². The molecule has 0 aliphatic heterocycles. The molecule has 0 spiro atoms. The maximum atomic E-state index is 13.5. The maximum Gasteiger partial charge on any atom is 0.258 e. The van der Waals surface area contributed by atoms with Gasteiger partial charge in [-0.3, -0.25) is 10.1 Å². The van der Waals surface area contributed by atoms with Crippen LogP contribution in [0.3, 0.4) is 0 Å². The van der Waals surface area contributed by atoms with Gasteiger partial charge in [-0.15, -0.1) is 11.3 Å². The number of furan rings is 1. The number of aromatic nitrogens is 2. The van der Waals surface area contributed by atoms with Crippen LogP contribution in [0.5, 0.6) is 0 Å². The van der Waals surface area contributed by atoms with Crippen LogP contribution in [0.1, 0.15) is 33.3 Å². The van der Waals surface area contributed by atoms with Crippen LogP contribution in [0.2, 0.25) is 5.02 Å². The summed E-state index contributed by atoms with van der Waals surface area (Å²) in [5.74, 6) is 0.937. The monoisotopic (exact) mass is 549 g/mol. The third-order valence-electron chi connectivity index (χ3n) is 6.54. The van der Waals surface area contributed by atoms with Gasteiger partial charge in [-0.05, 0) is 53.9 Å². The molecule has 192 valence electrons. The maximum absolute atomic E-state index is 13.5. The van der Waals surface area contributed by atoms with Crippen LogP contribution in [-0.4, -0.2) is 15.9 Å². The van der Waals surface area contributed by atoms with Crippen LogP contribution in [0, 0.1) is 0 Å². The highest BCUT2D eigenvalue weighted by Gasteiger charge is 2.18. The van der Waals surface area contributed by atoms with Gasteiger partial charge in [0.25, 0.3) is 5.91 Å². The van der Waals surface area contributed by atoms with Crippen molar-refractivity contribution in [1.29, 1.82) is 0 Å². The fraction of sp³-hybridized carbons (Fsp3) is 0.0938. The summed E-state index contributed by atoms with van der Waals surface area (Å²) in [6.45, 7) is 2.15. The molecule has 7 heteroatoms. The first-order chi connectivity index (χ1) is 19.1. The lowest BCUT2D eigenvalue weighted by Gasteiger charge is -2.08. The van der Waals surface area contributed by atoms with Crippen molar-refractivity contribution < 1.29 is 9.21 Å². The summed E-state index contributed by atoms with van der Waals surface area (Å²) in [6, 6.07) is 29.2. The van der Waals surface area contributed by atoms with Gasteiger partial charge in [-0.25, -0.2) is 9.97 Å². The number of fused-ring (bicyclic) bond motifs is 1. The molecule has 0 fully saturated rings. The molecule has 6 aromatic rings. The zero-order valence-electron chi connectivity index (χ0n) is 21.1. The first-order valence-electron chi connectivity index (χ1n) is 12.7. The minimum Gasteiger partial charge on any atom is -0.454 e. The van der Waals surface area contributed by atoms with Crippen molar-refractivity contribution in [3.63, 3.8) is 0 Å². The van der Waals surface area contributed by atoms with Gasteiger partial charge in [0.2, 0.25) is 0 Å². The number of nitrogens with zero attached hydrogens (tertiary/aromatic N) is 2. The zero-order valence-corrected chi connectivity index (χ0v) is 22.7. The quantitative estimate of drug-likeness (QED) is 0.216. The highest BCUT2D eigenvalue weighted by Crippen LogP contribution is 2.33. The van der Waals surface area contributed by atoms with Gasteiger partial charge in [0.1, 0.15) is 11.5 Å². The molecular weight excluding hydrogens is 526 g/mol. The van der Waals surface area contributed by atoms with Crippen LogP contribution in [0.15, 0.2) is 102 Å². The van der Waals surface area contributed by atoms with Gasteiger partial charge in [-0.2, -0.15) is 0 Å². The van der Waals surface area contributed by atoms with E-state index in [4.69, 9.17) is 21.0 Å². The summed E-state index contributed by atoms with van der Waals surface area (Å²) in [7, 11) is 0. The standard InChI is InChI=1S/C32H24ClN3O2S/c1-2-20-11-13-21(14-12-20)17-22-19-34-32(39-22)36-31(37)25-18-28(35-27-10-6-4-7-23(25)27)30-16-15-29(38-30)24-8-3-5-9-26(24)33/h3-16,18-19H,2,17H2,1H3,(H,34,36,37). The molecular formula is C32H24ClN3O2S. The Kier molecular flexibility index (Phi) is 6.97. The zero-order chi connectivity index (χ0) is 26.8. The number of benzene rings is 3. The van der Waals surface area contributed by atoms with Crippen molar-refractivity contribution in [1.82, 2.24) is 9.97 Å². The van der Waals surface area contributed by atoms with Crippen molar-refractivity contribution >= 4 is 44.9 Å². The molecule has 0 saturated heterocycles. The molecule has 3 aromatic heterocycles. The van der Waals surface area contributed by atoms with Gasteiger partial charge < -0.3 is 4.42 Å². The van der Waals surface area contributed by atoms with Gasteiger partial charge in [0.15, 0.2) is 10.9 Å². The summed E-state index contributed by atoms with van der Waals surface area (Å²) in [6.07, 6.45) is 3.61. The molecule has 6 rings (SSSR count). The predicted octanol–water partition coefficient (Wildman–Crippen LogP) is 8.68. The highest BCUT2D eigenvalue weighted by molar-refractivity contribution is 7.15. The minimum absolute atomic E-state index is 0.249. The average Bonchev–Trinajstić information content (AvgIpc) is 3.63. The lowest BCUT2D eigenvalue weighted by atomic mass is 10.1. The number of anilines is 1. The van der Waals surface area contributed by atoms with Crippen molar-refractivity contribution in [2.24, 2.45) is 0 Å². The summed E-state index contributed by atoms with van der Waals surface area (Å²) < 4.78 is 6.12. The predicted molar refractivity (Wildman–Crippen MR) is 159 cm³/mol. The molecule has 1 amide bonds. The minimum atomic E-state index is -0.249. The van der Waals surface area contributed by atoms with E-state index in [-0.39, 0.29) is 5.91 Å². The Balaban J connectivity index is 1.27. The number of carbonyl (C=O) groups is 1. The van der Waals surface area contributed by atoms with Crippen molar-refractivity contribution in [3.05, 3.63) is 124 Å². The van der Waals surface area contributed by atoms with Crippen LogP contribution < -0.4 is 5.32 Å². The number of aryl methyl sites for hydroxylation is 1. The number of hydrogen-bond acceptors (Lipinski definition) is 5. The molecule has 39 heavy (non-hydrogen) atoms. The Labute approximate surface area is 235 Å². The Hall–Kier alpha value is -4.26. The van der Waals surface area contributed by atoms with E-state index in [0.29, 0.717) is 38.4 Å². The number of hydrogen-bond donors (Lipinski definition) is 1.